The first-order valence-corrected chi connectivity index (χ1v) is 8.75. The van der Waals surface area contributed by atoms with Crippen LogP contribution in [0.25, 0.3) is 0 Å². The van der Waals surface area contributed by atoms with Crippen molar-refractivity contribution in [3.63, 3.8) is 0 Å². The van der Waals surface area contributed by atoms with Gasteiger partial charge >= 0.3 is 0 Å². The zero-order chi connectivity index (χ0) is 17.8. The highest BCUT2D eigenvalue weighted by Crippen LogP contribution is 2.24. The number of ether oxygens (including phenoxy) is 2. The summed E-state index contributed by atoms with van der Waals surface area (Å²) in [7, 11) is 0. The fourth-order valence-corrected chi connectivity index (χ4v) is 3.19. The monoisotopic (exact) mass is 359 g/mol. The van der Waals surface area contributed by atoms with Gasteiger partial charge in [0.2, 0.25) is 0 Å². The number of oxazole rings is 1. The van der Waals surface area contributed by atoms with Crippen LogP contribution >= 0.6 is 0 Å². The maximum Gasteiger partial charge on any atom is 0.276 e. The van der Waals surface area contributed by atoms with Crippen LogP contribution in [-0.2, 0) is 9.47 Å². The minimum absolute atomic E-state index is 0.210. The molecule has 0 spiro atoms. The summed E-state index contributed by atoms with van der Waals surface area (Å²) in [6.45, 7) is 2.79. The molecule has 9 nitrogen and oxygen atoms in total. The highest BCUT2D eigenvalue weighted by atomic mass is 16.5. The van der Waals surface area contributed by atoms with Gasteiger partial charge in [0.25, 0.3) is 5.91 Å². The Kier molecular flexibility index (Phi) is 5.07. The van der Waals surface area contributed by atoms with E-state index in [4.69, 9.17) is 13.9 Å². The van der Waals surface area contributed by atoms with Crippen LogP contribution < -0.4 is 5.32 Å². The third-order valence-electron chi connectivity index (χ3n) is 4.59. The van der Waals surface area contributed by atoms with Gasteiger partial charge < -0.3 is 24.1 Å². The highest BCUT2D eigenvalue weighted by molar-refractivity contribution is 5.92. The van der Waals surface area contributed by atoms with Crippen molar-refractivity contribution in [3.05, 3.63) is 36.4 Å². The maximum atomic E-state index is 12.7. The molecule has 138 valence electrons. The number of amides is 1. The fourth-order valence-electron chi connectivity index (χ4n) is 3.19. The van der Waals surface area contributed by atoms with Crippen LogP contribution in [0.5, 0.6) is 0 Å². The van der Waals surface area contributed by atoms with Crippen molar-refractivity contribution in [3.8, 4) is 0 Å². The second-order valence-corrected chi connectivity index (χ2v) is 6.29. The van der Waals surface area contributed by atoms with E-state index in [0.717, 1.165) is 31.9 Å². The lowest BCUT2D eigenvalue weighted by molar-refractivity contribution is -0.00550. The van der Waals surface area contributed by atoms with Gasteiger partial charge in [0.1, 0.15) is 18.1 Å². The van der Waals surface area contributed by atoms with Gasteiger partial charge in [-0.25, -0.2) is 15.0 Å². The number of aromatic nitrogens is 3. The van der Waals surface area contributed by atoms with Crippen LogP contribution in [0.1, 0.15) is 35.2 Å². The minimum atomic E-state index is -0.357. The summed E-state index contributed by atoms with van der Waals surface area (Å²) < 4.78 is 15.9. The predicted octanol–water partition coefficient (Wildman–Crippen LogP) is 1.27. The summed E-state index contributed by atoms with van der Waals surface area (Å²) in [4.78, 5) is 27.3. The maximum absolute atomic E-state index is 12.7. The second-order valence-electron chi connectivity index (χ2n) is 6.29. The molecule has 9 heteroatoms. The first-order valence-electron chi connectivity index (χ1n) is 8.75. The number of nitrogens with zero attached hydrogens (tertiary/aromatic N) is 4. The molecule has 2 aliphatic heterocycles. The van der Waals surface area contributed by atoms with Crippen LogP contribution in [0.4, 0.5) is 5.82 Å². The standard InChI is InChI=1S/C17H21N5O4/c23-17(13-9-26-11-19-13)22-5-8-25-10-14(22)16-18-4-1-15(21-16)20-12-2-6-24-7-3-12/h1,4,9,11-12,14H,2-3,5-8,10H2,(H,18,20,21). The molecule has 1 N–H and O–H groups in total. The van der Waals surface area contributed by atoms with Crippen molar-refractivity contribution in [1.82, 2.24) is 19.9 Å². The molecule has 2 aromatic rings. The Balaban J connectivity index is 1.52. The Morgan fingerprint density at radius 1 is 1.19 bits per heavy atom. The molecule has 2 aliphatic rings. The van der Waals surface area contributed by atoms with Crippen molar-refractivity contribution in [1.29, 1.82) is 0 Å². The molecule has 26 heavy (non-hydrogen) atoms. The molecule has 2 aromatic heterocycles. The summed E-state index contributed by atoms with van der Waals surface area (Å²) in [5.41, 5.74) is 0.272. The summed E-state index contributed by atoms with van der Waals surface area (Å²) in [5, 5.41) is 3.43. The molecular formula is C17H21N5O4. The van der Waals surface area contributed by atoms with E-state index < -0.39 is 0 Å². The van der Waals surface area contributed by atoms with Gasteiger partial charge in [-0.05, 0) is 18.9 Å². The third-order valence-corrected chi connectivity index (χ3v) is 4.59. The molecular weight excluding hydrogens is 338 g/mol. The minimum Gasteiger partial charge on any atom is -0.451 e. The second kappa shape index (κ2) is 7.79. The fraction of sp³-hybridized carbons (Fsp3) is 0.529. The molecule has 0 radical (unpaired) electrons. The lowest BCUT2D eigenvalue weighted by Gasteiger charge is -2.34. The number of anilines is 1. The molecule has 2 fully saturated rings. The number of morpholine rings is 1. The van der Waals surface area contributed by atoms with Crippen LogP contribution in [0.15, 0.2) is 29.3 Å². The molecule has 0 bridgehead atoms. The Morgan fingerprint density at radius 2 is 2.08 bits per heavy atom. The summed E-state index contributed by atoms with van der Waals surface area (Å²) in [6, 6.07) is 1.82. The molecule has 0 aliphatic carbocycles. The number of carbonyl (C=O) groups is 1. The third kappa shape index (κ3) is 3.68. The van der Waals surface area contributed by atoms with Gasteiger partial charge in [-0.1, -0.05) is 0 Å². The summed E-state index contributed by atoms with van der Waals surface area (Å²) in [5.74, 6) is 1.10. The van der Waals surface area contributed by atoms with E-state index in [-0.39, 0.29) is 17.6 Å². The highest BCUT2D eigenvalue weighted by Gasteiger charge is 2.32. The lowest BCUT2D eigenvalue weighted by Crippen LogP contribution is -2.44. The van der Waals surface area contributed by atoms with E-state index in [1.807, 2.05) is 6.07 Å². The first-order chi connectivity index (χ1) is 12.8. The SMILES string of the molecule is O=C(c1cocn1)N1CCOCC1c1nccc(NC2CCOCC2)n1. The molecule has 1 atom stereocenters. The van der Waals surface area contributed by atoms with E-state index in [1.165, 1.54) is 12.7 Å². The van der Waals surface area contributed by atoms with E-state index in [0.29, 0.717) is 31.6 Å². The number of hydrogen-bond acceptors (Lipinski definition) is 8. The van der Waals surface area contributed by atoms with Gasteiger partial charge in [-0.2, -0.15) is 0 Å². The van der Waals surface area contributed by atoms with Gasteiger partial charge in [0.15, 0.2) is 17.9 Å². The van der Waals surface area contributed by atoms with Crippen molar-refractivity contribution in [2.45, 2.75) is 24.9 Å². The van der Waals surface area contributed by atoms with E-state index in [9.17, 15) is 4.79 Å². The van der Waals surface area contributed by atoms with Crippen molar-refractivity contribution >= 4 is 11.7 Å². The largest absolute Gasteiger partial charge is 0.451 e. The van der Waals surface area contributed by atoms with Crippen LogP contribution in [-0.4, -0.2) is 64.8 Å². The van der Waals surface area contributed by atoms with Gasteiger partial charge in [0, 0.05) is 32.0 Å². The van der Waals surface area contributed by atoms with Crippen LogP contribution in [0, 0.1) is 0 Å². The number of carbonyl (C=O) groups excluding carboxylic acids is 1. The number of rotatable bonds is 4. The van der Waals surface area contributed by atoms with E-state index in [2.05, 4.69) is 20.3 Å². The number of nitrogens with one attached hydrogen (secondary N) is 1. The average molecular weight is 359 g/mol. The Bertz CT molecular complexity index is 733. The first kappa shape index (κ1) is 16.9. The van der Waals surface area contributed by atoms with Gasteiger partial charge in [-0.15, -0.1) is 0 Å². The van der Waals surface area contributed by atoms with Crippen LogP contribution in [0.2, 0.25) is 0 Å². The van der Waals surface area contributed by atoms with E-state index >= 15 is 0 Å². The van der Waals surface area contributed by atoms with Gasteiger partial charge in [-0.3, -0.25) is 4.79 Å². The quantitative estimate of drug-likeness (QED) is 0.871. The predicted molar refractivity (Wildman–Crippen MR) is 90.6 cm³/mol. The zero-order valence-corrected chi connectivity index (χ0v) is 14.3. The normalized spacial score (nSPS) is 21.5. The zero-order valence-electron chi connectivity index (χ0n) is 14.3. The summed E-state index contributed by atoms with van der Waals surface area (Å²) >= 11 is 0. The van der Waals surface area contributed by atoms with Crippen LogP contribution in [0.3, 0.4) is 0 Å². The Morgan fingerprint density at radius 3 is 2.88 bits per heavy atom. The lowest BCUT2D eigenvalue weighted by atomic mass is 10.1. The molecule has 1 unspecified atom stereocenters. The smallest absolute Gasteiger partial charge is 0.276 e. The molecule has 4 heterocycles. The van der Waals surface area contributed by atoms with E-state index in [1.54, 1.807) is 11.1 Å². The van der Waals surface area contributed by atoms with Crippen molar-refractivity contribution < 1.29 is 18.7 Å². The molecule has 4 rings (SSSR count). The average Bonchev–Trinajstić information content (AvgIpc) is 3.23. The van der Waals surface area contributed by atoms with Gasteiger partial charge in [0.05, 0.1) is 13.2 Å². The topological polar surface area (TPSA) is 103 Å². The molecule has 0 aromatic carbocycles. The Labute approximate surface area is 150 Å². The molecule has 0 saturated carbocycles. The molecule has 1 amide bonds. The number of hydrogen-bond donors (Lipinski definition) is 1. The Hall–Kier alpha value is -2.52. The van der Waals surface area contributed by atoms with Crippen molar-refractivity contribution in [2.24, 2.45) is 0 Å². The molecule has 2 saturated heterocycles. The van der Waals surface area contributed by atoms with Crippen molar-refractivity contribution in [2.75, 3.05) is 38.3 Å². The summed E-state index contributed by atoms with van der Waals surface area (Å²) in [6.07, 6.45) is 6.19.